The molecule has 1 aromatic rings. The van der Waals surface area contributed by atoms with Gasteiger partial charge in [0.15, 0.2) is 0 Å². The van der Waals surface area contributed by atoms with E-state index in [-0.39, 0.29) is 6.04 Å². The number of rotatable bonds is 4. The quantitative estimate of drug-likeness (QED) is 0.806. The molecule has 1 nitrogen and oxygen atoms in total. The fourth-order valence-electron chi connectivity index (χ4n) is 1.80. The van der Waals surface area contributed by atoms with Crippen molar-refractivity contribution in [2.45, 2.75) is 32.7 Å². The Kier molecular flexibility index (Phi) is 4.43. The average Bonchev–Trinajstić information content (AvgIpc) is 2.20. The minimum atomic E-state index is 0.0682. The zero-order chi connectivity index (χ0) is 10.6. The zero-order valence-corrected chi connectivity index (χ0v) is 9.59. The van der Waals surface area contributed by atoms with Gasteiger partial charge in [-0.25, -0.2) is 0 Å². The number of hydrogen-bond donors (Lipinski definition) is 1. The summed E-state index contributed by atoms with van der Waals surface area (Å²) in [5, 5.41) is 0.784. The van der Waals surface area contributed by atoms with Gasteiger partial charge in [0.05, 0.1) is 0 Å². The molecule has 0 aliphatic heterocycles. The summed E-state index contributed by atoms with van der Waals surface area (Å²) in [4.78, 5) is 0. The molecule has 0 radical (unpaired) electrons. The summed E-state index contributed by atoms with van der Waals surface area (Å²) < 4.78 is 0. The molecule has 2 N–H and O–H groups in total. The average molecular weight is 212 g/mol. The van der Waals surface area contributed by atoms with Crippen molar-refractivity contribution in [1.29, 1.82) is 0 Å². The van der Waals surface area contributed by atoms with Crippen molar-refractivity contribution in [2.24, 2.45) is 11.7 Å². The van der Waals surface area contributed by atoms with Gasteiger partial charge in [0.2, 0.25) is 0 Å². The fourth-order valence-corrected chi connectivity index (χ4v) is 2.06. The molecule has 0 spiro atoms. The van der Waals surface area contributed by atoms with Crippen LogP contribution in [-0.4, -0.2) is 0 Å². The SMILES string of the molecule is CCC(CC)C(N)c1ccccc1Cl. The minimum absolute atomic E-state index is 0.0682. The highest BCUT2D eigenvalue weighted by molar-refractivity contribution is 6.31. The molecule has 2 heteroatoms. The van der Waals surface area contributed by atoms with E-state index in [1.165, 1.54) is 0 Å². The van der Waals surface area contributed by atoms with Crippen molar-refractivity contribution in [3.05, 3.63) is 34.9 Å². The molecule has 0 amide bonds. The van der Waals surface area contributed by atoms with Crippen LogP contribution in [0.25, 0.3) is 0 Å². The maximum Gasteiger partial charge on any atom is 0.0453 e. The van der Waals surface area contributed by atoms with Crippen molar-refractivity contribution >= 4 is 11.6 Å². The van der Waals surface area contributed by atoms with Crippen LogP contribution in [0.1, 0.15) is 38.3 Å². The third-order valence-electron chi connectivity index (χ3n) is 2.82. The third-order valence-corrected chi connectivity index (χ3v) is 3.17. The fraction of sp³-hybridized carbons (Fsp3) is 0.500. The van der Waals surface area contributed by atoms with Crippen LogP contribution in [0.4, 0.5) is 0 Å². The second kappa shape index (κ2) is 5.38. The molecule has 0 saturated carbocycles. The zero-order valence-electron chi connectivity index (χ0n) is 8.83. The number of hydrogen-bond acceptors (Lipinski definition) is 1. The summed E-state index contributed by atoms with van der Waals surface area (Å²) in [6.07, 6.45) is 2.20. The smallest absolute Gasteiger partial charge is 0.0453 e. The molecular formula is C12H18ClN. The molecule has 0 aliphatic carbocycles. The molecule has 14 heavy (non-hydrogen) atoms. The first-order valence-corrected chi connectivity index (χ1v) is 5.58. The lowest BCUT2D eigenvalue weighted by molar-refractivity contribution is 0.405. The number of benzene rings is 1. The van der Waals surface area contributed by atoms with Crippen LogP contribution >= 0.6 is 11.6 Å². The molecule has 1 aromatic carbocycles. The monoisotopic (exact) mass is 211 g/mol. The number of nitrogens with two attached hydrogens (primary N) is 1. The van der Waals surface area contributed by atoms with Gasteiger partial charge in [-0.05, 0) is 17.5 Å². The molecule has 0 aromatic heterocycles. The molecule has 78 valence electrons. The van der Waals surface area contributed by atoms with E-state index in [0.29, 0.717) is 5.92 Å². The third kappa shape index (κ3) is 2.49. The Balaban J connectivity index is 2.88. The van der Waals surface area contributed by atoms with Gasteiger partial charge in [0.25, 0.3) is 0 Å². The molecule has 1 unspecified atom stereocenters. The Morgan fingerprint density at radius 1 is 1.21 bits per heavy atom. The van der Waals surface area contributed by atoms with E-state index < -0.39 is 0 Å². The molecule has 0 fully saturated rings. The van der Waals surface area contributed by atoms with Crippen molar-refractivity contribution in [3.63, 3.8) is 0 Å². The van der Waals surface area contributed by atoms with Crippen molar-refractivity contribution in [3.8, 4) is 0 Å². The van der Waals surface area contributed by atoms with Gasteiger partial charge in [0, 0.05) is 11.1 Å². The van der Waals surface area contributed by atoms with E-state index in [2.05, 4.69) is 13.8 Å². The summed E-state index contributed by atoms with van der Waals surface area (Å²) in [6, 6.07) is 7.91. The van der Waals surface area contributed by atoms with Crippen molar-refractivity contribution in [2.75, 3.05) is 0 Å². The molecular weight excluding hydrogens is 194 g/mol. The first-order valence-electron chi connectivity index (χ1n) is 5.20. The van der Waals surface area contributed by atoms with Gasteiger partial charge in [-0.1, -0.05) is 56.5 Å². The van der Waals surface area contributed by atoms with Crippen LogP contribution in [0, 0.1) is 5.92 Å². The van der Waals surface area contributed by atoms with Gasteiger partial charge < -0.3 is 5.73 Å². The van der Waals surface area contributed by atoms with Gasteiger partial charge in [-0.3, -0.25) is 0 Å². The van der Waals surface area contributed by atoms with E-state index in [1.54, 1.807) is 0 Å². The van der Waals surface area contributed by atoms with Gasteiger partial charge in [0.1, 0.15) is 0 Å². The second-order valence-electron chi connectivity index (χ2n) is 3.62. The first kappa shape index (κ1) is 11.5. The molecule has 1 atom stereocenters. The second-order valence-corrected chi connectivity index (χ2v) is 4.03. The van der Waals surface area contributed by atoms with Crippen LogP contribution in [0.3, 0.4) is 0 Å². The Bertz CT molecular complexity index is 281. The van der Waals surface area contributed by atoms with E-state index in [1.807, 2.05) is 24.3 Å². The molecule has 1 rings (SSSR count). The maximum atomic E-state index is 6.18. The largest absolute Gasteiger partial charge is 0.324 e. The Morgan fingerprint density at radius 2 is 1.79 bits per heavy atom. The molecule has 0 bridgehead atoms. The van der Waals surface area contributed by atoms with E-state index >= 15 is 0 Å². The normalized spacial score (nSPS) is 13.2. The lowest BCUT2D eigenvalue weighted by atomic mass is 9.90. The number of halogens is 1. The summed E-state index contributed by atoms with van der Waals surface area (Å²) in [6.45, 7) is 4.34. The maximum absolute atomic E-state index is 6.18. The van der Waals surface area contributed by atoms with E-state index in [9.17, 15) is 0 Å². The lowest BCUT2D eigenvalue weighted by Gasteiger charge is -2.22. The summed E-state index contributed by atoms with van der Waals surface area (Å²) in [7, 11) is 0. The topological polar surface area (TPSA) is 26.0 Å². The molecule has 0 saturated heterocycles. The van der Waals surface area contributed by atoms with Crippen LogP contribution in [0.15, 0.2) is 24.3 Å². The van der Waals surface area contributed by atoms with Crippen LogP contribution in [-0.2, 0) is 0 Å². The Morgan fingerprint density at radius 3 is 2.29 bits per heavy atom. The standard InChI is InChI=1S/C12H18ClN/c1-3-9(4-2)12(14)10-7-5-6-8-11(10)13/h5-9,12H,3-4,14H2,1-2H3. The highest BCUT2D eigenvalue weighted by Gasteiger charge is 2.17. The Hall–Kier alpha value is -0.530. The lowest BCUT2D eigenvalue weighted by Crippen LogP contribution is -2.20. The molecule has 0 aliphatic rings. The van der Waals surface area contributed by atoms with Crippen molar-refractivity contribution < 1.29 is 0 Å². The van der Waals surface area contributed by atoms with Crippen molar-refractivity contribution in [1.82, 2.24) is 0 Å². The summed E-state index contributed by atoms with van der Waals surface area (Å²) in [5.74, 6) is 0.523. The molecule has 0 heterocycles. The predicted octanol–water partition coefficient (Wildman–Crippen LogP) is 3.78. The van der Waals surface area contributed by atoms with E-state index in [4.69, 9.17) is 17.3 Å². The van der Waals surface area contributed by atoms with Crippen LogP contribution < -0.4 is 5.73 Å². The predicted molar refractivity (Wildman–Crippen MR) is 62.5 cm³/mol. The highest BCUT2D eigenvalue weighted by Crippen LogP contribution is 2.29. The van der Waals surface area contributed by atoms with Gasteiger partial charge in [-0.2, -0.15) is 0 Å². The van der Waals surface area contributed by atoms with E-state index in [0.717, 1.165) is 23.4 Å². The first-order chi connectivity index (χ1) is 6.70. The Labute approximate surface area is 91.3 Å². The van der Waals surface area contributed by atoms with Gasteiger partial charge >= 0.3 is 0 Å². The van der Waals surface area contributed by atoms with Crippen LogP contribution in [0.2, 0.25) is 5.02 Å². The summed E-state index contributed by atoms with van der Waals surface area (Å²) in [5.41, 5.74) is 7.25. The minimum Gasteiger partial charge on any atom is -0.324 e. The highest BCUT2D eigenvalue weighted by atomic mass is 35.5. The van der Waals surface area contributed by atoms with Crippen LogP contribution in [0.5, 0.6) is 0 Å². The van der Waals surface area contributed by atoms with Gasteiger partial charge in [-0.15, -0.1) is 0 Å². The summed E-state index contributed by atoms with van der Waals surface area (Å²) >= 11 is 6.10.